The summed E-state index contributed by atoms with van der Waals surface area (Å²) in [6, 6.07) is 15.1. The molecule has 0 atom stereocenters. The molecule has 1 heterocycles. The van der Waals surface area contributed by atoms with Crippen molar-refractivity contribution in [1.29, 1.82) is 0 Å². The molecule has 0 fully saturated rings. The smallest absolute Gasteiger partial charge is 0.315 e. The zero-order valence-electron chi connectivity index (χ0n) is 15.8. The van der Waals surface area contributed by atoms with Crippen molar-refractivity contribution in [3.05, 3.63) is 89.5 Å². The zero-order valence-corrected chi connectivity index (χ0v) is 15.8. The van der Waals surface area contributed by atoms with E-state index < -0.39 is 6.03 Å². The predicted molar refractivity (Wildman–Crippen MR) is 106 cm³/mol. The van der Waals surface area contributed by atoms with Crippen LogP contribution in [0, 0.1) is 5.82 Å². The summed E-state index contributed by atoms with van der Waals surface area (Å²) in [6.07, 6.45) is 3.64. The lowest BCUT2D eigenvalue weighted by Gasteiger charge is -2.09. The van der Waals surface area contributed by atoms with E-state index >= 15 is 0 Å². The molecule has 3 N–H and O–H groups in total. The van der Waals surface area contributed by atoms with Gasteiger partial charge in [-0.1, -0.05) is 36.4 Å². The molecular weight excluding hydrogens is 373 g/mol. The molecule has 0 aliphatic carbocycles. The van der Waals surface area contributed by atoms with Crippen molar-refractivity contribution < 1.29 is 14.0 Å². The normalized spacial score (nSPS) is 10.4. The largest absolute Gasteiger partial charge is 0.350 e. The Morgan fingerprint density at radius 2 is 1.48 bits per heavy atom. The molecule has 0 spiro atoms. The van der Waals surface area contributed by atoms with Crippen molar-refractivity contribution in [1.82, 2.24) is 25.7 Å². The highest BCUT2D eigenvalue weighted by molar-refractivity contribution is 5.83. The molecule has 0 bridgehead atoms. The Kier molecular flexibility index (Phi) is 6.94. The molecule has 0 aliphatic rings. The van der Waals surface area contributed by atoms with E-state index in [1.807, 2.05) is 41.2 Å². The second-order valence-corrected chi connectivity index (χ2v) is 6.46. The van der Waals surface area contributed by atoms with Crippen molar-refractivity contribution >= 4 is 11.9 Å². The Balaban J connectivity index is 1.34. The first-order valence-corrected chi connectivity index (χ1v) is 9.16. The molecule has 0 saturated carbocycles. The molecule has 3 aromatic rings. The van der Waals surface area contributed by atoms with Gasteiger partial charge >= 0.3 is 6.03 Å². The van der Waals surface area contributed by atoms with Crippen LogP contribution in [0.4, 0.5) is 9.18 Å². The van der Waals surface area contributed by atoms with E-state index in [9.17, 15) is 14.0 Å². The minimum atomic E-state index is -0.465. The third-order valence-electron chi connectivity index (χ3n) is 4.19. The number of carbonyl (C=O) groups excluding carboxylic acids is 2. The van der Waals surface area contributed by atoms with Gasteiger partial charge in [0.15, 0.2) is 0 Å². The number of hydrogen-bond donors (Lipinski definition) is 3. The number of nitrogens with one attached hydrogen (secondary N) is 3. The van der Waals surface area contributed by atoms with Crippen LogP contribution in [0.5, 0.6) is 0 Å². The maximum absolute atomic E-state index is 12.8. The number of amides is 3. The Morgan fingerprint density at radius 1 is 0.862 bits per heavy atom. The zero-order chi connectivity index (χ0) is 20.5. The number of urea groups is 1. The van der Waals surface area contributed by atoms with Gasteiger partial charge in [-0.15, -0.1) is 0 Å². The summed E-state index contributed by atoms with van der Waals surface area (Å²) in [7, 11) is 0. The third-order valence-corrected chi connectivity index (χ3v) is 4.19. The summed E-state index contributed by atoms with van der Waals surface area (Å²) in [5, 5.41) is 12.0. The van der Waals surface area contributed by atoms with Gasteiger partial charge in [-0.25, -0.2) is 9.18 Å². The van der Waals surface area contributed by atoms with Gasteiger partial charge in [0.05, 0.1) is 13.1 Å². The molecule has 29 heavy (non-hydrogen) atoms. The summed E-state index contributed by atoms with van der Waals surface area (Å²) in [5.41, 5.74) is 2.84. The highest BCUT2D eigenvalue weighted by atomic mass is 19.1. The molecule has 1 aromatic heterocycles. The Labute approximate surface area is 167 Å². The molecule has 0 saturated heterocycles. The van der Waals surface area contributed by atoms with Crippen molar-refractivity contribution in [2.75, 3.05) is 6.54 Å². The topological polar surface area (TPSA) is 88.0 Å². The lowest BCUT2D eigenvalue weighted by atomic mass is 10.1. The van der Waals surface area contributed by atoms with E-state index in [4.69, 9.17) is 0 Å². The molecule has 3 amide bonds. The first-order chi connectivity index (χ1) is 14.1. The Hall–Kier alpha value is -3.68. The van der Waals surface area contributed by atoms with Crippen LogP contribution in [-0.2, 0) is 24.4 Å². The fourth-order valence-electron chi connectivity index (χ4n) is 2.61. The first kappa shape index (κ1) is 20.1. The summed E-state index contributed by atoms with van der Waals surface area (Å²) in [6.45, 7) is 1.18. The van der Waals surface area contributed by atoms with Gasteiger partial charge in [0, 0.05) is 25.5 Å². The van der Waals surface area contributed by atoms with E-state index in [0.29, 0.717) is 13.1 Å². The molecule has 0 unspecified atom stereocenters. The van der Waals surface area contributed by atoms with Gasteiger partial charge in [0.1, 0.15) is 5.82 Å². The average molecular weight is 395 g/mol. The van der Waals surface area contributed by atoms with Gasteiger partial charge < -0.3 is 16.0 Å². The quantitative estimate of drug-likeness (QED) is 0.546. The molecule has 8 heteroatoms. The summed E-state index contributed by atoms with van der Waals surface area (Å²) in [4.78, 5) is 23.7. The average Bonchev–Trinajstić information content (AvgIpc) is 3.24. The monoisotopic (exact) mass is 395 g/mol. The standard InChI is InChI=1S/C21H22FN5O2/c22-19-8-6-17(7-9-19)13-24-21(29)25-14-20(28)23-12-16-2-4-18(5-3-16)15-27-11-1-10-26-27/h1-11H,12-15H2,(H,23,28)(H2,24,25,29). The summed E-state index contributed by atoms with van der Waals surface area (Å²) >= 11 is 0. The molecule has 0 aliphatic heterocycles. The molecule has 0 radical (unpaired) electrons. The molecular formula is C21H22FN5O2. The van der Waals surface area contributed by atoms with E-state index in [2.05, 4.69) is 21.0 Å². The maximum atomic E-state index is 12.8. The first-order valence-electron chi connectivity index (χ1n) is 9.16. The van der Waals surface area contributed by atoms with Gasteiger partial charge in [-0.05, 0) is 34.9 Å². The van der Waals surface area contributed by atoms with E-state index in [1.54, 1.807) is 18.3 Å². The van der Waals surface area contributed by atoms with Crippen LogP contribution in [0.3, 0.4) is 0 Å². The number of carbonyl (C=O) groups is 2. The van der Waals surface area contributed by atoms with Gasteiger partial charge in [-0.3, -0.25) is 9.48 Å². The lowest BCUT2D eigenvalue weighted by molar-refractivity contribution is -0.120. The van der Waals surface area contributed by atoms with Crippen LogP contribution in [0.25, 0.3) is 0 Å². The number of hydrogen-bond acceptors (Lipinski definition) is 3. The van der Waals surface area contributed by atoms with Gasteiger partial charge in [0.25, 0.3) is 0 Å². The van der Waals surface area contributed by atoms with Gasteiger partial charge in [0.2, 0.25) is 5.91 Å². The summed E-state index contributed by atoms with van der Waals surface area (Å²) in [5.74, 6) is -0.620. The highest BCUT2D eigenvalue weighted by Gasteiger charge is 2.05. The van der Waals surface area contributed by atoms with Crippen molar-refractivity contribution in [3.8, 4) is 0 Å². The van der Waals surface area contributed by atoms with E-state index in [0.717, 1.165) is 16.7 Å². The third kappa shape index (κ3) is 6.76. The van der Waals surface area contributed by atoms with Crippen LogP contribution in [0.15, 0.2) is 67.0 Å². The van der Waals surface area contributed by atoms with Gasteiger partial charge in [-0.2, -0.15) is 5.10 Å². The second-order valence-electron chi connectivity index (χ2n) is 6.46. The number of rotatable bonds is 8. The Morgan fingerprint density at radius 3 is 2.14 bits per heavy atom. The summed E-state index contributed by atoms with van der Waals surface area (Å²) < 4.78 is 14.7. The maximum Gasteiger partial charge on any atom is 0.315 e. The fraction of sp³-hybridized carbons (Fsp3) is 0.190. The predicted octanol–water partition coefficient (Wildman–Crippen LogP) is 2.19. The number of benzene rings is 2. The molecule has 3 rings (SSSR count). The van der Waals surface area contributed by atoms with Crippen molar-refractivity contribution in [2.45, 2.75) is 19.6 Å². The minimum Gasteiger partial charge on any atom is -0.350 e. The number of halogens is 1. The molecule has 7 nitrogen and oxygen atoms in total. The van der Waals surface area contributed by atoms with Crippen molar-refractivity contribution in [2.24, 2.45) is 0 Å². The number of nitrogens with zero attached hydrogens (tertiary/aromatic N) is 2. The van der Waals surface area contributed by atoms with E-state index in [-0.39, 0.29) is 24.8 Å². The van der Waals surface area contributed by atoms with Crippen molar-refractivity contribution in [3.63, 3.8) is 0 Å². The van der Waals surface area contributed by atoms with Crippen LogP contribution < -0.4 is 16.0 Å². The lowest BCUT2D eigenvalue weighted by Crippen LogP contribution is -2.41. The Bertz CT molecular complexity index is 925. The number of aromatic nitrogens is 2. The van der Waals surface area contributed by atoms with Crippen LogP contribution in [-0.4, -0.2) is 28.3 Å². The minimum absolute atomic E-state index is 0.132. The van der Waals surface area contributed by atoms with Crippen LogP contribution >= 0.6 is 0 Å². The van der Waals surface area contributed by atoms with Crippen LogP contribution in [0.1, 0.15) is 16.7 Å². The van der Waals surface area contributed by atoms with Crippen LogP contribution in [0.2, 0.25) is 0 Å². The fourth-order valence-corrected chi connectivity index (χ4v) is 2.61. The molecule has 150 valence electrons. The second kappa shape index (κ2) is 10.0. The highest BCUT2D eigenvalue weighted by Crippen LogP contribution is 2.06. The molecule has 2 aromatic carbocycles. The van der Waals surface area contributed by atoms with E-state index in [1.165, 1.54) is 12.1 Å². The SMILES string of the molecule is O=C(CNC(=O)NCc1ccc(F)cc1)NCc1ccc(Cn2cccn2)cc1.